The highest BCUT2D eigenvalue weighted by Crippen LogP contribution is 2.22. The quantitative estimate of drug-likeness (QED) is 0.292. The molecule has 0 aliphatic rings. The number of nitrogens with zero attached hydrogens (tertiary/aromatic N) is 5. The highest BCUT2D eigenvalue weighted by molar-refractivity contribution is 5.89. The Morgan fingerprint density at radius 3 is 2.67 bits per heavy atom. The molecule has 0 spiro atoms. The van der Waals surface area contributed by atoms with Crippen molar-refractivity contribution in [3.05, 3.63) is 59.9 Å². The first-order valence-electron chi connectivity index (χ1n) is 10.6. The number of anilines is 2. The van der Waals surface area contributed by atoms with Crippen LogP contribution in [0.5, 0.6) is 11.6 Å². The monoisotopic (exact) mass is 447 g/mol. The smallest absolute Gasteiger partial charge is 0.337 e. The molecule has 0 aliphatic heterocycles. The molecule has 0 aliphatic carbocycles. The summed E-state index contributed by atoms with van der Waals surface area (Å²) in [5.41, 5.74) is 8.62. The number of hydrogen-bond donors (Lipinski definition) is 2. The van der Waals surface area contributed by atoms with E-state index < -0.39 is 5.97 Å². The van der Waals surface area contributed by atoms with Crippen molar-refractivity contribution in [1.29, 1.82) is 0 Å². The van der Waals surface area contributed by atoms with E-state index in [9.17, 15) is 4.79 Å². The molecular formula is C23H25N7O3. The van der Waals surface area contributed by atoms with E-state index in [2.05, 4.69) is 32.3 Å². The van der Waals surface area contributed by atoms with Crippen LogP contribution in [0.1, 0.15) is 35.7 Å². The van der Waals surface area contributed by atoms with Crippen LogP contribution in [0.4, 0.5) is 11.8 Å². The summed E-state index contributed by atoms with van der Waals surface area (Å²) in [5.74, 6) is 1.47. The Hall–Kier alpha value is -4.21. The fourth-order valence-electron chi connectivity index (χ4n) is 3.21. The number of pyridine rings is 1. The van der Waals surface area contributed by atoms with E-state index in [1.165, 1.54) is 7.11 Å². The number of rotatable bonds is 9. The predicted octanol–water partition coefficient (Wildman–Crippen LogP) is 3.64. The van der Waals surface area contributed by atoms with Gasteiger partial charge in [-0.3, -0.25) is 4.68 Å². The van der Waals surface area contributed by atoms with E-state index in [0.29, 0.717) is 40.6 Å². The second kappa shape index (κ2) is 9.94. The number of nitrogens with one attached hydrogen (secondary N) is 1. The number of ether oxygens (including phenoxy) is 2. The second-order valence-electron chi connectivity index (χ2n) is 7.39. The molecule has 0 saturated heterocycles. The van der Waals surface area contributed by atoms with Crippen molar-refractivity contribution in [3.8, 4) is 11.6 Å². The lowest BCUT2D eigenvalue weighted by atomic mass is 10.2. The van der Waals surface area contributed by atoms with Gasteiger partial charge in [-0.05, 0) is 36.2 Å². The van der Waals surface area contributed by atoms with E-state index in [1.807, 2.05) is 12.3 Å². The lowest BCUT2D eigenvalue weighted by Gasteiger charge is -2.07. The fourth-order valence-corrected chi connectivity index (χ4v) is 3.21. The van der Waals surface area contributed by atoms with E-state index in [0.717, 1.165) is 24.9 Å². The van der Waals surface area contributed by atoms with Gasteiger partial charge >= 0.3 is 5.97 Å². The van der Waals surface area contributed by atoms with E-state index in [1.54, 1.807) is 41.2 Å². The number of nitrogen functional groups attached to an aromatic ring is 1. The van der Waals surface area contributed by atoms with Gasteiger partial charge in [0.15, 0.2) is 11.3 Å². The van der Waals surface area contributed by atoms with Crippen LogP contribution in [-0.4, -0.2) is 44.4 Å². The average molecular weight is 447 g/mol. The fraction of sp³-hybridized carbons (Fsp3) is 0.261. The zero-order chi connectivity index (χ0) is 23.2. The first-order valence-corrected chi connectivity index (χ1v) is 10.6. The van der Waals surface area contributed by atoms with Crippen molar-refractivity contribution < 1.29 is 14.3 Å². The Balaban J connectivity index is 1.44. The van der Waals surface area contributed by atoms with Crippen molar-refractivity contribution in [2.24, 2.45) is 0 Å². The van der Waals surface area contributed by atoms with Gasteiger partial charge in [0.2, 0.25) is 11.8 Å². The lowest BCUT2D eigenvalue weighted by molar-refractivity contribution is 0.0600. The van der Waals surface area contributed by atoms with E-state index in [4.69, 9.17) is 15.2 Å². The van der Waals surface area contributed by atoms with Gasteiger partial charge in [-0.2, -0.15) is 10.1 Å². The summed E-state index contributed by atoms with van der Waals surface area (Å²) >= 11 is 0. The minimum Gasteiger partial charge on any atom is -0.465 e. The average Bonchev–Trinajstić information content (AvgIpc) is 3.22. The highest BCUT2D eigenvalue weighted by atomic mass is 16.5. The van der Waals surface area contributed by atoms with Crippen LogP contribution in [0.2, 0.25) is 0 Å². The summed E-state index contributed by atoms with van der Waals surface area (Å²) in [6, 6.07) is 10.4. The summed E-state index contributed by atoms with van der Waals surface area (Å²) in [7, 11) is 1.34. The van der Waals surface area contributed by atoms with Gasteiger partial charge in [0, 0.05) is 18.8 Å². The van der Waals surface area contributed by atoms with Crippen LogP contribution < -0.4 is 15.8 Å². The third kappa shape index (κ3) is 5.35. The highest BCUT2D eigenvalue weighted by Gasteiger charge is 2.11. The number of methoxy groups -OCH3 is 1. The topological polar surface area (TPSA) is 130 Å². The molecular weight excluding hydrogens is 422 g/mol. The van der Waals surface area contributed by atoms with Crippen LogP contribution >= 0.6 is 0 Å². The summed E-state index contributed by atoms with van der Waals surface area (Å²) in [4.78, 5) is 24.5. The van der Waals surface area contributed by atoms with Gasteiger partial charge in [-0.15, -0.1) is 0 Å². The van der Waals surface area contributed by atoms with Crippen molar-refractivity contribution in [2.45, 2.75) is 26.3 Å². The van der Waals surface area contributed by atoms with E-state index >= 15 is 0 Å². The standard InChI is InChI=1S/C23H25N7O3/c1-3-4-11-25-21-20-18(27-23(24)28-21)14-30(29-20)13-15-5-10-19(26-12-15)33-17-8-6-16(7-9-17)22(31)32-2/h5-10,12,14H,3-4,11,13H2,1-2H3,(H3,24,25,27,28). The molecule has 170 valence electrons. The van der Waals surface area contributed by atoms with Crippen LogP contribution in [0.3, 0.4) is 0 Å². The number of unbranched alkanes of at least 4 members (excludes halogenated alkanes) is 1. The molecule has 0 atom stereocenters. The molecule has 3 aromatic heterocycles. The number of benzene rings is 1. The number of aromatic nitrogens is 5. The minimum atomic E-state index is -0.396. The van der Waals surface area contributed by atoms with Gasteiger partial charge in [0.25, 0.3) is 0 Å². The second-order valence-corrected chi connectivity index (χ2v) is 7.39. The molecule has 0 saturated carbocycles. The normalized spacial score (nSPS) is 10.8. The van der Waals surface area contributed by atoms with Gasteiger partial charge in [-0.25, -0.2) is 14.8 Å². The molecule has 3 N–H and O–H groups in total. The predicted molar refractivity (Wildman–Crippen MR) is 124 cm³/mol. The number of fused-ring (bicyclic) bond motifs is 1. The summed E-state index contributed by atoms with van der Waals surface area (Å²) in [6.45, 7) is 3.43. The molecule has 4 aromatic rings. The Labute approximate surface area is 190 Å². The Morgan fingerprint density at radius 2 is 1.97 bits per heavy atom. The molecule has 0 unspecified atom stereocenters. The zero-order valence-corrected chi connectivity index (χ0v) is 18.5. The minimum absolute atomic E-state index is 0.212. The van der Waals surface area contributed by atoms with E-state index in [-0.39, 0.29) is 5.95 Å². The largest absolute Gasteiger partial charge is 0.465 e. The van der Waals surface area contributed by atoms with Crippen molar-refractivity contribution >= 4 is 28.8 Å². The van der Waals surface area contributed by atoms with Gasteiger partial charge in [-0.1, -0.05) is 19.4 Å². The molecule has 3 heterocycles. The first-order chi connectivity index (χ1) is 16.1. The molecule has 10 nitrogen and oxygen atoms in total. The lowest BCUT2D eigenvalue weighted by Crippen LogP contribution is -2.06. The third-order valence-electron chi connectivity index (χ3n) is 4.89. The zero-order valence-electron chi connectivity index (χ0n) is 18.5. The van der Waals surface area contributed by atoms with Gasteiger partial charge in [0.1, 0.15) is 11.3 Å². The Bertz CT molecular complexity index is 1240. The van der Waals surface area contributed by atoms with Crippen LogP contribution in [0.15, 0.2) is 48.8 Å². The van der Waals surface area contributed by atoms with Gasteiger partial charge < -0.3 is 20.5 Å². The number of hydrogen-bond acceptors (Lipinski definition) is 9. The molecule has 1 aromatic carbocycles. The van der Waals surface area contributed by atoms with Crippen LogP contribution in [0, 0.1) is 0 Å². The number of carbonyl (C=O) groups excluding carboxylic acids is 1. The van der Waals surface area contributed by atoms with Crippen molar-refractivity contribution in [3.63, 3.8) is 0 Å². The Morgan fingerprint density at radius 1 is 1.15 bits per heavy atom. The molecule has 0 bridgehead atoms. The maximum atomic E-state index is 11.5. The van der Waals surface area contributed by atoms with Crippen molar-refractivity contribution in [1.82, 2.24) is 24.7 Å². The number of nitrogens with two attached hydrogens (primary N) is 1. The van der Waals surface area contributed by atoms with Crippen molar-refractivity contribution in [2.75, 3.05) is 24.7 Å². The third-order valence-corrected chi connectivity index (χ3v) is 4.89. The number of esters is 1. The number of carbonyl (C=O) groups is 1. The summed E-state index contributed by atoms with van der Waals surface area (Å²) in [5, 5.41) is 7.91. The maximum absolute atomic E-state index is 11.5. The molecule has 4 rings (SSSR count). The maximum Gasteiger partial charge on any atom is 0.337 e. The first kappa shape index (κ1) is 22.0. The summed E-state index contributed by atoms with van der Waals surface area (Å²) < 4.78 is 12.2. The molecule has 0 amide bonds. The Kier molecular flexibility index (Phi) is 6.63. The molecule has 10 heteroatoms. The molecule has 0 radical (unpaired) electrons. The van der Waals surface area contributed by atoms with Crippen LogP contribution in [-0.2, 0) is 11.3 Å². The molecule has 0 fully saturated rings. The molecule has 33 heavy (non-hydrogen) atoms. The van der Waals surface area contributed by atoms with Crippen LogP contribution in [0.25, 0.3) is 11.0 Å². The van der Waals surface area contributed by atoms with Gasteiger partial charge in [0.05, 0.1) is 25.4 Å². The SMILES string of the molecule is CCCCNc1nc(N)nc2cn(Cc3ccc(Oc4ccc(C(=O)OC)cc4)nc3)nc12. The summed E-state index contributed by atoms with van der Waals surface area (Å²) in [6.07, 6.45) is 5.68.